The van der Waals surface area contributed by atoms with Gasteiger partial charge in [0.05, 0.1) is 6.61 Å². The summed E-state index contributed by atoms with van der Waals surface area (Å²) in [6.45, 7) is 5.47. The van der Waals surface area contributed by atoms with Crippen LogP contribution in [-0.4, -0.2) is 6.61 Å². The second-order valence-corrected chi connectivity index (χ2v) is 10.4. The predicted molar refractivity (Wildman–Crippen MR) is 130 cm³/mol. The molecule has 2 fully saturated rings. The molecule has 0 N–H and O–H groups in total. The van der Waals surface area contributed by atoms with E-state index in [1.54, 1.807) is 0 Å². The van der Waals surface area contributed by atoms with E-state index in [-0.39, 0.29) is 0 Å². The van der Waals surface area contributed by atoms with Crippen molar-refractivity contribution in [3.05, 3.63) is 29.8 Å². The average molecular weight is 413 g/mol. The molecule has 0 saturated heterocycles. The molecule has 1 aromatic carbocycles. The van der Waals surface area contributed by atoms with Gasteiger partial charge in [0.15, 0.2) is 0 Å². The second kappa shape index (κ2) is 13.4. The van der Waals surface area contributed by atoms with Gasteiger partial charge in [-0.3, -0.25) is 0 Å². The molecule has 0 heterocycles. The summed E-state index contributed by atoms with van der Waals surface area (Å²) in [5.74, 6) is 5.18. The van der Waals surface area contributed by atoms with Crippen LogP contribution in [0.5, 0.6) is 5.75 Å². The monoisotopic (exact) mass is 412 g/mol. The van der Waals surface area contributed by atoms with Gasteiger partial charge in [0.25, 0.3) is 0 Å². The summed E-state index contributed by atoms with van der Waals surface area (Å²) in [4.78, 5) is 0. The van der Waals surface area contributed by atoms with Gasteiger partial charge in [0.1, 0.15) is 5.75 Å². The average Bonchev–Trinajstić information content (AvgIpc) is 2.79. The molecule has 0 spiro atoms. The summed E-state index contributed by atoms with van der Waals surface area (Å²) in [6, 6.07) is 8.95. The molecule has 0 aromatic heterocycles. The molecule has 2 aliphatic carbocycles. The zero-order chi connectivity index (χ0) is 21.0. The molecule has 0 unspecified atom stereocenters. The van der Waals surface area contributed by atoms with Gasteiger partial charge in [-0.25, -0.2) is 0 Å². The van der Waals surface area contributed by atoms with E-state index in [2.05, 4.69) is 38.1 Å². The number of ether oxygens (including phenoxy) is 1. The highest BCUT2D eigenvalue weighted by atomic mass is 16.5. The molecule has 170 valence electrons. The van der Waals surface area contributed by atoms with Crippen LogP contribution in [0, 0.1) is 23.7 Å². The van der Waals surface area contributed by atoms with Crippen molar-refractivity contribution in [2.45, 2.75) is 117 Å². The lowest BCUT2D eigenvalue weighted by atomic mass is 9.68. The Balaban J connectivity index is 1.29. The fraction of sp³-hybridized carbons (Fsp3) is 0.793. The van der Waals surface area contributed by atoms with Crippen molar-refractivity contribution in [1.29, 1.82) is 0 Å². The lowest BCUT2D eigenvalue weighted by Gasteiger charge is -2.38. The van der Waals surface area contributed by atoms with Crippen LogP contribution in [-0.2, 0) is 6.42 Å². The molecule has 0 radical (unpaired) electrons. The first-order chi connectivity index (χ1) is 14.8. The Morgan fingerprint density at radius 2 is 1.27 bits per heavy atom. The van der Waals surface area contributed by atoms with E-state index in [0.29, 0.717) is 0 Å². The van der Waals surface area contributed by atoms with Gasteiger partial charge in [-0.2, -0.15) is 0 Å². The Labute approximate surface area is 187 Å². The minimum Gasteiger partial charge on any atom is -0.494 e. The van der Waals surface area contributed by atoms with E-state index < -0.39 is 0 Å². The molecule has 2 aliphatic rings. The van der Waals surface area contributed by atoms with E-state index in [4.69, 9.17) is 4.74 Å². The topological polar surface area (TPSA) is 9.23 Å². The third-order valence-electron chi connectivity index (χ3n) is 8.18. The van der Waals surface area contributed by atoms with Crippen LogP contribution in [0.2, 0.25) is 0 Å². The summed E-state index contributed by atoms with van der Waals surface area (Å²) in [7, 11) is 0. The molecule has 1 nitrogen and oxygen atoms in total. The van der Waals surface area contributed by atoms with E-state index in [0.717, 1.165) is 36.0 Å². The molecule has 30 heavy (non-hydrogen) atoms. The first kappa shape index (κ1) is 23.7. The standard InChI is InChI=1S/C29H48O/c1-3-5-6-7-23-30-29-21-15-26(16-22-29)10-9-25-13-19-28(20-14-25)27-17-11-24(8-4-2)12-18-27/h15-16,21-22,24-25,27-28H,3-14,17-20,23H2,1-2H3. The molecule has 0 amide bonds. The largest absolute Gasteiger partial charge is 0.494 e. The summed E-state index contributed by atoms with van der Waals surface area (Å²) in [5, 5.41) is 0. The molecule has 0 atom stereocenters. The highest BCUT2D eigenvalue weighted by molar-refractivity contribution is 5.27. The first-order valence-electron chi connectivity index (χ1n) is 13.5. The van der Waals surface area contributed by atoms with Crippen LogP contribution >= 0.6 is 0 Å². The van der Waals surface area contributed by atoms with Gasteiger partial charge in [-0.15, -0.1) is 0 Å². The third-order valence-corrected chi connectivity index (χ3v) is 8.18. The molecule has 1 aromatic rings. The third kappa shape index (κ3) is 7.93. The normalized spacial score (nSPS) is 27.1. The van der Waals surface area contributed by atoms with E-state index in [9.17, 15) is 0 Å². The van der Waals surface area contributed by atoms with E-state index >= 15 is 0 Å². The van der Waals surface area contributed by atoms with Crippen LogP contribution in [0.1, 0.15) is 116 Å². The minimum absolute atomic E-state index is 0.864. The van der Waals surface area contributed by atoms with Crippen molar-refractivity contribution in [2.75, 3.05) is 6.61 Å². The molecule has 1 heteroatoms. The van der Waals surface area contributed by atoms with Gasteiger partial charge in [0, 0.05) is 0 Å². The number of benzene rings is 1. The van der Waals surface area contributed by atoms with Crippen molar-refractivity contribution >= 4 is 0 Å². The van der Waals surface area contributed by atoms with Crippen molar-refractivity contribution < 1.29 is 4.74 Å². The molecule has 0 aliphatic heterocycles. The van der Waals surface area contributed by atoms with Crippen LogP contribution in [0.3, 0.4) is 0 Å². The lowest BCUT2D eigenvalue weighted by Crippen LogP contribution is -2.26. The zero-order valence-electron chi connectivity index (χ0n) is 20.0. The Morgan fingerprint density at radius 1 is 0.667 bits per heavy atom. The second-order valence-electron chi connectivity index (χ2n) is 10.4. The number of rotatable bonds is 12. The van der Waals surface area contributed by atoms with Crippen LogP contribution in [0.15, 0.2) is 24.3 Å². The Kier molecular flexibility index (Phi) is 10.6. The molecule has 3 rings (SSSR count). The zero-order valence-corrected chi connectivity index (χ0v) is 20.0. The maximum absolute atomic E-state index is 5.89. The molecule has 0 bridgehead atoms. The summed E-state index contributed by atoms with van der Waals surface area (Å²) < 4.78 is 5.89. The van der Waals surface area contributed by atoms with Gasteiger partial charge < -0.3 is 4.74 Å². The van der Waals surface area contributed by atoms with E-state index in [1.807, 2.05) is 0 Å². The van der Waals surface area contributed by atoms with Crippen LogP contribution < -0.4 is 4.74 Å². The molecular formula is C29H48O. The number of aryl methyl sites for hydroxylation is 1. The maximum Gasteiger partial charge on any atom is 0.119 e. The van der Waals surface area contributed by atoms with Crippen LogP contribution in [0.4, 0.5) is 0 Å². The quantitative estimate of drug-likeness (QED) is 0.311. The fourth-order valence-electron chi connectivity index (χ4n) is 6.15. The Hall–Kier alpha value is -0.980. The summed E-state index contributed by atoms with van der Waals surface area (Å²) in [6.07, 6.45) is 22.7. The smallest absolute Gasteiger partial charge is 0.119 e. The van der Waals surface area contributed by atoms with Gasteiger partial charge in [-0.1, -0.05) is 83.8 Å². The Bertz CT molecular complexity index is 546. The van der Waals surface area contributed by atoms with Crippen LogP contribution in [0.25, 0.3) is 0 Å². The van der Waals surface area contributed by atoms with Crippen molar-refractivity contribution in [1.82, 2.24) is 0 Å². The molecule has 2 saturated carbocycles. The van der Waals surface area contributed by atoms with E-state index in [1.165, 1.54) is 108 Å². The summed E-state index contributed by atoms with van der Waals surface area (Å²) in [5.41, 5.74) is 1.49. The highest BCUT2D eigenvalue weighted by Crippen LogP contribution is 2.42. The Morgan fingerprint density at radius 3 is 1.83 bits per heavy atom. The lowest BCUT2D eigenvalue weighted by molar-refractivity contribution is 0.141. The summed E-state index contributed by atoms with van der Waals surface area (Å²) >= 11 is 0. The molecular weight excluding hydrogens is 364 g/mol. The predicted octanol–water partition coefficient (Wildman–Crippen LogP) is 8.99. The van der Waals surface area contributed by atoms with Gasteiger partial charge in [0.2, 0.25) is 0 Å². The maximum atomic E-state index is 5.89. The number of hydrogen-bond acceptors (Lipinski definition) is 1. The van der Waals surface area contributed by atoms with Crippen molar-refractivity contribution in [2.24, 2.45) is 23.7 Å². The number of hydrogen-bond donors (Lipinski definition) is 0. The highest BCUT2D eigenvalue weighted by Gasteiger charge is 2.30. The SMILES string of the molecule is CCCCCCOc1ccc(CCC2CCC(C3CCC(CCC)CC3)CC2)cc1. The minimum atomic E-state index is 0.864. The van der Waals surface area contributed by atoms with Crippen molar-refractivity contribution in [3.8, 4) is 5.75 Å². The van der Waals surface area contributed by atoms with Gasteiger partial charge in [-0.05, 0) is 86.3 Å². The van der Waals surface area contributed by atoms with Crippen molar-refractivity contribution in [3.63, 3.8) is 0 Å². The van der Waals surface area contributed by atoms with Gasteiger partial charge >= 0.3 is 0 Å². The number of unbranched alkanes of at least 4 members (excludes halogenated alkanes) is 3. The first-order valence-corrected chi connectivity index (χ1v) is 13.5. The fourth-order valence-corrected chi connectivity index (χ4v) is 6.15.